The van der Waals surface area contributed by atoms with Crippen LogP contribution >= 0.6 is 0 Å². The zero-order chi connectivity index (χ0) is 22.7. The highest BCUT2D eigenvalue weighted by Crippen LogP contribution is 2.15. The standard InChI is InChI=1S/C29H34N2O2/c32-29(27-14-16-28(17-15-27)33-23-26-8-4-3-5-9-26)30-19-18-24-10-12-25(13-11-24)22-31-20-6-1-2-7-21-31/h3-5,8-17H,1-2,6-7,18-23H2,(H,30,32). The molecule has 33 heavy (non-hydrogen) atoms. The molecule has 3 aromatic carbocycles. The van der Waals surface area contributed by atoms with Gasteiger partial charge in [-0.3, -0.25) is 9.69 Å². The molecule has 4 heteroatoms. The first-order valence-electron chi connectivity index (χ1n) is 12.1. The second-order valence-electron chi connectivity index (χ2n) is 8.81. The summed E-state index contributed by atoms with van der Waals surface area (Å²) >= 11 is 0. The van der Waals surface area contributed by atoms with Crippen LogP contribution in [0.15, 0.2) is 78.9 Å². The molecule has 1 aliphatic rings. The van der Waals surface area contributed by atoms with Crippen molar-refractivity contribution in [3.63, 3.8) is 0 Å². The third-order valence-electron chi connectivity index (χ3n) is 6.19. The summed E-state index contributed by atoms with van der Waals surface area (Å²) in [4.78, 5) is 15.0. The molecule has 1 aliphatic heterocycles. The normalized spacial score (nSPS) is 14.4. The van der Waals surface area contributed by atoms with Gasteiger partial charge in [0.2, 0.25) is 0 Å². The highest BCUT2D eigenvalue weighted by Gasteiger charge is 2.10. The van der Waals surface area contributed by atoms with Gasteiger partial charge in [0.1, 0.15) is 12.4 Å². The van der Waals surface area contributed by atoms with E-state index in [1.165, 1.54) is 49.9 Å². The van der Waals surface area contributed by atoms with E-state index in [0.29, 0.717) is 18.7 Å². The van der Waals surface area contributed by atoms with Crippen molar-refractivity contribution in [2.24, 2.45) is 0 Å². The molecule has 1 amide bonds. The molecule has 172 valence electrons. The Morgan fingerprint density at radius 1 is 0.758 bits per heavy atom. The van der Waals surface area contributed by atoms with E-state index >= 15 is 0 Å². The van der Waals surface area contributed by atoms with Crippen molar-refractivity contribution < 1.29 is 9.53 Å². The van der Waals surface area contributed by atoms with Crippen molar-refractivity contribution in [2.45, 2.75) is 45.3 Å². The first-order chi connectivity index (χ1) is 16.3. The van der Waals surface area contributed by atoms with E-state index < -0.39 is 0 Å². The Morgan fingerprint density at radius 2 is 1.42 bits per heavy atom. The lowest BCUT2D eigenvalue weighted by Crippen LogP contribution is -2.25. The van der Waals surface area contributed by atoms with Crippen LogP contribution in [0.4, 0.5) is 0 Å². The fraction of sp³-hybridized carbons (Fsp3) is 0.345. The summed E-state index contributed by atoms with van der Waals surface area (Å²) in [5, 5.41) is 3.02. The molecular weight excluding hydrogens is 408 g/mol. The Bertz CT molecular complexity index is 976. The van der Waals surface area contributed by atoms with Crippen molar-refractivity contribution in [1.29, 1.82) is 0 Å². The van der Waals surface area contributed by atoms with E-state index in [0.717, 1.165) is 24.3 Å². The van der Waals surface area contributed by atoms with Gasteiger partial charge >= 0.3 is 0 Å². The molecule has 1 N–H and O–H groups in total. The molecule has 0 unspecified atom stereocenters. The van der Waals surface area contributed by atoms with Gasteiger partial charge in [-0.05, 0) is 73.3 Å². The summed E-state index contributed by atoms with van der Waals surface area (Å²) in [6.45, 7) is 4.61. The number of benzene rings is 3. The molecule has 4 rings (SSSR count). The smallest absolute Gasteiger partial charge is 0.251 e. The molecule has 1 saturated heterocycles. The summed E-state index contributed by atoms with van der Waals surface area (Å²) in [5.41, 5.74) is 4.39. The Kier molecular flexibility index (Phi) is 8.54. The van der Waals surface area contributed by atoms with Crippen LogP contribution in [-0.2, 0) is 19.6 Å². The Morgan fingerprint density at radius 3 is 2.12 bits per heavy atom. The summed E-state index contributed by atoms with van der Waals surface area (Å²) in [6, 6.07) is 26.2. The van der Waals surface area contributed by atoms with Gasteiger partial charge in [0.05, 0.1) is 0 Å². The number of carbonyl (C=O) groups is 1. The average molecular weight is 443 g/mol. The highest BCUT2D eigenvalue weighted by atomic mass is 16.5. The van der Waals surface area contributed by atoms with Crippen LogP contribution in [-0.4, -0.2) is 30.4 Å². The molecule has 3 aromatic rings. The van der Waals surface area contributed by atoms with E-state index in [4.69, 9.17) is 4.74 Å². The van der Waals surface area contributed by atoms with Gasteiger partial charge in [-0.25, -0.2) is 0 Å². The SMILES string of the molecule is O=C(NCCc1ccc(CN2CCCCCC2)cc1)c1ccc(OCc2ccccc2)cc1. The maximum absolute atomic E-state index is 12.5. The molecule has 0 saturated carbocycles. The van der Waals surface area contributed by atoms with Gasteiger partial charge < -0.3 is 10.1 Å². The molecule has 0 aliphatic carbocycles. The number of rotatable bonds is 9. The lowest BCUT2D eigenvalue weighted by Gasteiger charge is -2.19. The summed E-state index contributed by atoms with van der Waals surface area (Å²) in [5.74, 6) is 0.707. The zero-order valence-electron chi connectivity index (χ0n) is 19.3. The van der Waals surface area contributed by atoms with Gasteiger partial charge in [0, 0.05) is 18.7 Å². The predicted octanol–water partition coefficient (Wildman–Crippen LogP) is 5.61. The second-order valence-corrected chi connectivity index (χ2v) is 8.81. The van der Waals surface area contributed by atoms with E-state index in [-0.39, 0.29) is 5.91 Å². The lowest BCUT2D eigenvalue weighted by atomic mass is 10.1. The fourth-order valence-corrected chi connectivity index (χ4v) is 4.23. The minimum atomic E-state index is -0.0533. The summed E-state index contributed by atoms with van der Waals surface area (Å²) < 4.78 is 5.79. The lowest BCUT2D eigenvalue weighted by molar-refractivity contribution is 0.0954. The number of hydrogen-bond donors (Lipinski definition) is 1. The topological polar surface area (TPSA) is 41.6 Å². The van der Waals surface area contributed by atoms with Crippen LogP contribution in [0.1, 0.15) is 52.7 Å². The quantitative estimate of drug-likeness (QED) is 0.468. The number of likely N-dealkylation sites (tertiary alicyclic amines) is 1. The van der Waals surface area contributed by atoms with Crippen molar-refractivity contribution >= 4 is 5.91 Å². The van der Waals surface area contributed by atoms with Crippen LogP contribution in [0.2, 0.25) is 0 Å². The molecule has 0 aromatic heterocycles. The molecule has 4 nitrogen and oxygen atoms in total. The van der Waals surface area contributed by atoms with Crippen LogP contribution in [0, 0.1) is 0 Å². The molecule has 0 spiro atoms. The van der Waals surface area contributed by atoms with Gasteiger partial charge in [0.25, 0.3) is 5.91 Å². The van der Waals surface area contributed by atoms with Crippen molar-refractivity contribution in [1.82, 2.24) is 10.2 Å². The predicted molar refractivity (Wildman–Crippen MR) is 133 cm³/mol. The minimum absolute atomic E-state index is 0.0533. The third-order valence-corrected chi connectivity index (χ3v) is 6.19. The zero-order valence-corrected chi connectivity index (χ0v) is 19.3. The largest absolute Gasteiger partial charge is 0.489 e. The van der Waals surface area contributed by atoms with Gasteiger partial charge in [-0.2, -0.15) is 0 Å². The van der Waals surface area contributed by atoms with E-state index in [9.17, 15) is 4.79 Å². The van der Waals surface area contributed by atoms with Crippen molar-refractivity contribution in [3.8, 4) is 5.75 Å². The van der Waals surface area contributed by atoms with Crippen LogP contribution in [0.25, 0.3) is 0 Å². The first kappa shape index (κ1) is 23.1. The highest BCUT2D eigenvalue weighted by molar-refractivity contribution is 5.94. The summed E-state index contributed by atoms with van der Waals surface area (Å²) in [6.07, 6.45) is 6.21. The molecular formula is C29H34N2O2. The molecule has 0 radical (unpaired) electrons. The van der Waals surface area contributed by atoms with Gasteiger partial charge in [0.15, 0.2) is 0 Å². The van der Waals surface area contributed by atoms with Crippen LogP contribution < -0.4 is 10.1 Å². The fourth-order valence-electron chi connectivity index (χ4n) is 4.23. The second kappa shape index (κ2) is 12.2. The number of carbonyl (C=O) groups excluding carboxylic acids is 1. The van der Waals surface area contributed by atoms with Crippen LogP contribution in [0.5, 0.6) is 5.75 Å². The van der Waals surface area contributed by atoms with Crippen molar-refractivity contribution in [3.05, 3.63) is 101 Å². The number of hydrogen-bond acceptors (Lipinski definition) is 3. The molecule has 0 atom stereocenters. The summed E-state index contributed by atoms with van der Waals surface area (Å²) in [7, 11) is 0. The Labute approximate surface area is 197 Å². The van der Waals surface area contributed by atoms with E-state index in [2.05, 4.69) is 34.5 Å². The maximum Gasteiger partial charge on any atom is 0.251 e. The van der Waals surface area contributed by atoms with E-state index in [1.807, 2.05) is 54.6 Å². The Hall–Kier alpha value is -3.11. The molecule has 1 fully saturated rings. The Balaban J connectivity index is 1.18. The number of nitrogens with zero attached hydrogens (tertiary/aromatic N) is 1. The third kappa shape index (κ3) is 7.47. The molecule has 0 bridgehead atoms. The minimum Gasteiger partial charge on any atom is -0.489 e. The maximum atomic E-state index is 12.5. The van der Waals surface area contributed by atoms with E-state index in [1.54, 1.807) is 0 Å². The van der Waals surface area contributed by atoms with Crippen molar-refractivity contribution in [2.75, 3.05) is 19.6 Å². The monoisotopic (exact) mass is 442 g/mol. The van der Waals surface area contributed by atoms with Crippen LogP contribution in [0.3, 0.4) is 0 Å². The van der Waals surface area contributed by atoms with Gasteiger partial charge in [-0.1, -0.05) is 67.4 Å². The molecule has 1 heterocycles. The number of ether oxygens (including phenoxy) is 1. The number of amides is 1. The number of nitrogens with one attached hydrogen (secondary N) is 1. The average Bonchev–Trinajstić information content (AvgIpc) is 3.13. The van der Waals surface area contributed by atoms with Gasteiger partial charge in [-0.15, -0.1) is 0 Å². The first-order valence-corrected chi connectivity index (χ1v) is 12.1.